The van der Waals surface area contributed by atoms with Crippen LogP contribution in [0, 0.1) is 10.1 Å². The fourth-order valence-electron chi connectivity index (χ4n) is 2.04. The first-order valence-corrected chi connectivity index (χ1v) is 5.93. The van der Waals surface area contributed by atoms with Crippen LogP contribution in [0.3, 0.4) is 0 Å². The van der Waals surface area contributed by atoms with Crippen LogP contribution in [0.15, 0.2) is 48.5 Å². The molecule has 2 aromatic rings. The summed E-state index contributed by atoms with van der Waals surface area (Å²) in [5.74, 6) is 0.121. The SMILES string of the molecule is O=C1Oc2ccccc2/C1=C/c1ccc([N+](=O)[O-])cc1. The molecule has 2 aromatic carbocycles. The lowest BCUT2D eigenvalue weighted by Gasteiger charge is -1.97. The first-order chi connectivity index (χ1) is 9.65. The molecule has 98 valence electrons. The number of fused-ring (bicyclic) bond motifs is 1. The monoisotopic (exact) mass is 267 g/mol. The van der Waals surface area contributed by atoms with Crippen LogP contribution < -0.4 is 4.74 Å². The Morgan fingerprint density at radius 1 is 1.05 bits per heavy atom. The highest BCUT2D eigenvalue weighted by Crippen LogP contribution is 2.34. The van der Waals surface area contributed by atoms with Gasteiger partial charge in [-0.1, -0.05) is 18.2 Å². The van der Waals surface area contributed by atoms with Crippen LogP contribution in [0.1, 0.15) is 11.1 Å². The molecular formula is C15H9NO4. The summed E-state index contributed by atoms with van der Waals surface area (Å²) in [7, 11) is 0. The average Bonchev–Trinajstić information content (AvgIpc) is 2.76. The first kappa shape index (κ1) is 12.1. The third-order valence-corrected chi connectivity index (χ3v) is 3.01. The molecule has 0 radical (unpaired) electrons. The van der Waals surface area contributed by atoms with Gasteiger partial charge in [-0.15, -0.1) is 0 Å². The van der Waals surface area contributed by atoms with Crippen molar-refractivity contribution in [1.29, 1.82) is 0 Å². The fraction of sp³-hybridized carbons (Fsp3) is 0. The van der Waals surface area contributed by atoms with Crippen molar-refractivity contribution in [3.05, 3.63) is 69.8 Å². The van der Waals surface area contributed by atoms with Gasteiger partial charge in [0.2, 0.25) is 0 Å². The van der Waals surface area contributed by atoms with E-state index in [-0.39, 0.29) is 5.69 Å². The number of non-ortho nitro benzene ring substituents is 1. The molecule has 0 spiro atoms. The Morgan fingerprint density at radius 2 is 1.75 bits per heavy atom. The van der Waals surface area contributed by atoms with Crippen LogP contribution in [0.25, 0.3) is 11.6 Å². The molecule has 0 bridgehead atoms. The number of benzene rings is 2. The van der Waals surface area contributed by atoms with Crippen LogP contribution >= 0.6 is 0 Å². The van der Waals surface area contributed by atoms with Crippen LogP contribution in [-0.2, 0) is 4.79 Å². The molecule has 0 N–H and O–H groups in total. The van der Waals surface area contributed by atoms with Gasteiger partial charge in [-0.05, 0) is 29.8 Å². The number of esters is 1. The molecule has 1 heterocycles. The highest BCUT2D eigenvalue weighted by atomic mass is 16.6. The Labute approximate surface area is 114 Å². The van der Waals surface area contributed by atoms with Gasteiger partial charge in [0.1, 0.15) is 5.75 Å². The van der Waals surface area contributed by atoms with E-state index in [9.17, 15) is 14.9 Å². The second-order valence-electron chi connectivity index (χ2n) is 4.29. The van der Waals surface area contributed by atoms with Crippen molar-refractivity contribution in [1.82, 2.24) is 0 Å². The first-order valence-electron chi connectivity index (χ1n) is 5.93. The molecule has 20 heavy (non-hydrogen) atoms. The molecule has 5 nitrogen and oxygen atoms in total. The van der Waals surface area contributed by atoms with Crippen molar-refractivity contribution in [2.75, 3.05) is 0 Å². The summed E-state index contributed by atoms with van der Waals surface area (Å²) < 4.78 is 5.14. The summed E-state index contributed by atoms with van der Waals surface area (Å²) in [5, 5.41) is 10.6. The van der Waals surface area contributed by atoms with Crippen molar-refractivity contribution in [3.63, 3.8) is 0 Å². The number of nitro benzene ring substituents is 1. The van der Waals surface area contributed by atoms with Gasteiger partial charge < -0.3 is 4.74 Å². The molecule has 0 atom stereocenters. The molecule has 0 aromatic heterocycles. The third kappa shape index (κ3) is 2.05. The van der Waals surface area contributed by atoms with Crippen molar-refractivity contribution >= 4 is 23.3 Å². The second kappa shape index (κ2) is 4.62. The molecule has 0 saturated carbocycles. The number of carbonyl (C=O) groups excluding carboxylic acids is 1. The van der Waals surface area contributed by atoms with E-state index >= 15 is 0 Å². The number of nitrogens with zero attached hydrogens (tertiary/aromatic N) is 1. The van der Waals surface area contributed by atoms with Crippen LogP contribution in [0.2, 0.25) is 0 Å². The zero-order valence-electron chi connectivity index (χ0n) is 10.3. The Kier molecular flexibility index (Phi) is 2.80. The number of hydrogen-bond donors (Lipinski definition) is 0. The maximum absolute atomic E-state index is 11.8. The molecule has 5 heteroatoms. The second-order valence-corrected chi connectivity index (χ2v) is 4.29. The van der Waals surface area contributed by atoms with Crippen LogP contribution in [0.5, 0.6) is 5.75 Å². The van der Waals surface area contributed by atoms with Gasteiger partial charge in [-0.2, -0.15) is 0 Å². The summed E-state index contributed by atoms with van der Waals surface area (Å²) in [6.07, 6.45) is 1.66. The summed E-state index contributed by atoms with van der Waals surface area (Å²) in [6, 6.07) is 13.1. The number of hydrogen-bond acceptors (Lipinski definition) is 4. The minimum absolute atomic E-state index is 0.0153. The van der Waals surface area contributed by atoms with Crippen molar-refractivity contribution in [2.45, 2.75) is 0 Å². The third-order valence-electron chi connectivity index (χ3n) is 3.01. The normalized spacial score (nSPS) is 15.0. The Bertz CT molecular complexity index is 732. The average molecular weight is 267 g/mol. The molecular weight excluding hydrogens is 258 g/mol. The minimum atomic E-state index is -0.462. The van der Waals surface area contributed by atoms with E-state index in [1.54, 1.807) is 36.4 Å². The van der Waals surface area contributed by atoms with E-state index < -0.39 is 10.9 Å². The van der Waals surface area contributed by atoms with Crippen molar-refractivity contribution in [3.8, 4) is 5.75 Å². The van der Waals surface area contributed by atoms with Crippen molar-refractivity contribution in [2.24, 2.45) is 0 Å². The lowest BCUT2D eigenvalue weighted by atomic mass is 10.0. The number of carbonyl (C=O) groups is 1. The molecule has 1 aliphatic rings. The number of rotatable bonds is 2. The maximum Gasteiger partial charge on any atom is 0.344 e. The predicted molar refractivity (Wildman–Crippen MR) is 73.0 cm³/mol. The molecule has 3 rings (SSSR count). The van der Waals surface area contributed by atoms with E-state index in [0.717, 1.165) is 5.56 Å². The summed E-state index contributed by atoms with van der Waals surface area (Å²) in [5.41, 5.74) is 1.91. The summed E-state index contributed by atoms with van der Waals surface area (Å²) in [6.45, 7) is 0. The fourth-order valence-corrected chi connectivity index (χ4v) is 2.04. The smallest absolute Gasteiger partial charge is 0.344 e. The largest absolute Gasteiger partial charge is 0.422 e. The summed E-state index contributed by atoms with van der Waals surface area (Å²) >= 11 is 0. The number of nitro groups is 1. The molecule has 0 fully saturated rings. The van der Waals surface area contributed by atoms with E-state index in [2.05, 4.69) is 0 Å². The van der Waals surface area contributed by atoms with Gasteiger partial charge in [0.15, 0.2) is 0 Å². The van der Waals surface area contributed by atoms with Gasteiger partial charge in [0.25, 0.3) is 5.69 Å². The molecule has 0 amide bonds. The number of ether oxygens (including phenoxy) is 1. The van der Waals surface area contributed by atoms with Gasteiger partial charge in [0.05, 0.1) is 10.5 Å². The van der Waals surface area contributed by atoms with E-state index in [4.69, 9.17) is 4.74 Å². The van der Waals surface area contributed by atoms with Gasteiger partial charge in [0, 0.05) is 17.7 Å². The summed E-state index contributed by atoms with van der Waals surface area (Å²) in [4.78, 5) is 21.9. The lowest BCUT2D eigenvalue weighted by molar-refractivity contribution is -0.384. The van der Waals surface area contributed by atoms with Gasteiger partial charge in [-0.3, -0.25) is 10.1 Å². The standard InChI is InChI=1S/C15H9NO4/c17-15-13(12-3-1-2-4-14(12)20-15)9-10-5-7-11(8-6-10)16(18)19/h1-9H/b13-9-. The Hall–Kier alpha value is -2.95. The van der Waals surface area contributed by atoms with Crippen molar-refractivity contribution < 1.29 is 14.5 Å². The molecule has 0 saturated heterocycles. The zero-order valence-corrected chi connectivity index (χ0v) is 10.3. The lowest BCUT2D eigenvalue weighted by Crippen LogP contribution is -2.00. The van der Waals surface area contributed by atoms with E-state index in [0.29, 0.717) is 16.9 Å². The Balaban J connectivity index is 2.00. The number of para-hydroxylation sites is 1. The predicted octanol–water partition coefficient (Wildman–Crippen LogP) is 3.05. The Morgan fingerprint density at radius 3 is 2.45 bits per heavy atom. The van der Waals surface area contributed by atoms with E-state index in [1.807, 2.05) is 6.07 Å². The molecule has 1 aliphatic heterocycles. The van der Waals surface area contributed by atoms with Gasteiger partial charge >= 0.3 is 5.97 Å². The highest BCUT2D eigenvalue weighted by Gasteiger charge is 2.26. The zero-order chi connectivity index (χ0) is 14.1. The molecule has 0 aliphatic carbocycles. The van der Waals surface area contributed by atoms with Crippen LogP contribution in [-0.4, -0.2) is 10.9 Å². The van der Waals surface area contributed by atoms with Gasteiger partial charge in [-0.25, -0.2) is 4.79 Å². The highest BCUT2D eigenvalue weighted by molar-refractivity contribution is 6.25. The maximum atomic E-state index is 11.8. The topological polar surface area (TPSA) is 69.4 Å². The quantitative estimate of drug-likeness (QED) is 0.276. The van der Waals surface area contributed by atoms with E-state index in [1.165, 1.54) is 12.1 Å². The molecule has 0 unspecified atom stereocenters. The minimum Gasteiger partial charge on any atom is -0.422 e. The van der Waals surface area contributed by atoms with Crippen LogP contribution in [0.4, 0.5) is 5.69 Å².